The van der Waals surface area contributed by atoms with Crippen molar-refractivity contribution in [1.29, 1.82) is 0 Å². The Balaban J connectivity index is 2.11. The Morgan fingerprint density at radius 1 is 0.947 bits per heavy atom. The first kappa shape index (κ1) is 16.1. The van der Waals surface area contributed by atoms with Crippen molar-refractivity contribution >= 4 is 14.7 Å². The van der Waals surface area contributed by atoms with E-state index in [1.54, 1.807) is 0 Å². The number of hydrogen-bond acceptors (Lipinski definition) is 5. The highest BCUT2D eigenvalue weighted by molar-refractivity contribution is 6.53. The SMILES string of the molecule is CO[Si](OC)(OC)OCCCCNc1ccccc1. The molecule has 0 aliphatic rings. The number of para-hydroxylation sites is 1. The molecule has 0 heterocycles. The fraction of sp³-hybridized carbons (Fsp3) is 0.538. The van der Waals surface area contributed by atoms with E-state index in [9.17, 15) is 0 Å². The van der Waals surface area contributed by atoms with Crippen molar-refractivity contribution < 1.29 is 17.7 Å². The van der Waals surface area contributed by atoms with Crippen LogP contribution in [0.15, 0.2) is 30.3 Å². The molecule has 6 heteroatoms. The minimum atomic E-state index is -2.86. The van der Waals surface area contributed by atoms with Crippen molar-refractivity contribution in [3.63, 3.8) is 0 Å². The predicted octanol–water partition coefficient (Wildman–Crippen LogP) is 2.27. The zero-order valence-electron chi connectivity index (χ0n) is 11.8. The minimum absolute atomic E-state index is 0.568. The Hall–Kier alpha value is -0.923. The van der Waals surface area contributed by atoms with Crippen LogP contribution in [-0.4, -0.2) is 43.5 Å². The van der Waals surface area contributed by atoms with Crippen molar-refractivity contribution in [3.05, 3.63) is 30.3 Å². The third-order valence-electron chi connectivity index (χ3n) is 2.70. The maximum Gasteiger partial charge on any atom is 0.678 e. The topological polar surface area (TPSA) is 49.0 Å². The van der Waals surface area contributed by atoms with Crippen LogP contribution < -0.4 is 5.32 Å². The van der Waals surface area contributed by atoms with Gasteiger partial charge in [-0.2, -0.15) is 0 Å². The fourth-order valence-electron chi connectivity index (χ4n) is 1.64. The van der Waals surface area contributed by atoms with Crippen LogP contribution in [0.5, 0.6) is 0 Å². The molecule has 0 aromatic heterocycles. The van der Waals surface area contributed by atoms with Gasteiger partial charge < -0.3 is 23.0 Å². The molecule has 0 saturated heterocycles. The first-order chi connectivity index (χ1) is 9.26. The third-order valence-corrected chi connectivity index (χ3v) is 4.76. The molecule has 0 atom stereocenters. The normalized spacial score (nSPS) is 11.5. The van der Waals surface area contributed by atoms with E-state index in [1.807, 2.05) is 18.2 Å². The summed E-state index contributed by atoms with van der Waals surface area (Å²) in [6.45, 7) is 1.48. The lowest BCUT2D eigenvalue weighted by molar-refractivity contribution is 0.00525. The molecule has 0 bridgehead atoms. The van der Waals surface area contributed by atoms with Gasteiger partial charge in [-0.3, -0.25) is 0 Å². The van der Waals surface area contributed by atoms with E-state index in [-0.39, 0.29) is 0 Å². The molecule has 1 N–H and O–H groups in total. The summed E-state index contributed by atoms with van der Waals surface area (Å²) in [4.78, 5) is 0. The van der Waals surface area contributed by atoms with Gasteiger partial charge in [-0.15, -0.1) is 0 Å². The number of anilines is 1. The zero-order chi connectivity index (χ0) is 14.0. The van der Waals surface area contributed by atoms with Crippen molar-refractivity contribution in [3.8, 4) is 0 Å². The number of rotatable bonds is 10. The number of nitrogens with one attached hydrogen (secondary N) is 1. The van der Waals surface area contributed by atoms with Crippen LogP contribution in [0.2, 0.25) is 0 Å². The highest BCUT2D eigenvalue weighted by atomic mass is 28.4. The van der Waals surface area contributed by atoms with Crippen molar-refractivity contribution in [2.45, 2.75) is 12.8 Å². The lowest BCUT2D eigenvalue weighted by Crippen LogP contribution is -2.46. The van der Waals surface area contributed by atoms with E-state index < -0.39 is 9.05 Å². The molecule has 0 saturated carbocycles. The van der Waals surface area contributed by atoms with Gasteiger partial charge >= 0.3 is 9.05 Å². The van der Waals surface area contributed by atoms with E-state index in [2.05, 4.69) is 17.4 Å². The molecule has 0 radical (unpaired) electrons. The van der Waals surface area contributed by atoms with Gasteiger partial charge in [-0.05, 0) is 25.0 Å². The standard InChI is InChI=1S/C13H23NO4Si/c1-15-19(16-2,17-3)18-12-8-7-11-14-13-9-5-4-6-10-13/h4-6,9-10,14H,7-8,11-12H2,1-3H3. The minimum Gasteiger partial charge on any atom is -0.385 e. The first-order valence-electron chi connectivity index (χ1n) is 6.34. The summed E-state index contributed by atoms with van der Waals surface area (Å²) in [5.41, 5.74) is 1.14. The lowest BCUT2D eigenvalue weighted by Gasteiger charge is -2.22. The van der Waals surface area contributed by atoms with E-state index in [0.29, 0.717) is 6.61 Å². The smallest absolute Gasteiger partial charge is 0.385 e. The molecular formula is C13H23NO4Si. The summed E-state index contributed by atoms with van der Waals surface area (Å²) < 4.78 is 21.1. The number of unbranched alkanes of at least 4 members (excludes halogenated alkanes) is 1. The maximum absolute atomic E-state index is 5.57. The van der Waals surface area contributed by atoms with Crippen LogP contribution in [0, 0.1) is 0 Å². The van der Waals surface area contributed by atoms with Crippen molar-refractivity contribution in [1.82, 2.24) is 0 Å². The average Bonchev–Trinajstić information content (AvgIpc) is 2.48. The van der Waals surface area contributed by atoms with Gasteiger partial charge in [0.25, 0.3) is 0 Å². The second-order valence-electron chi connectivity index (χ2n) is 3.96. The Kier molecular flexibility index (Phi) is 7.69. The van der Waals surface area contributed by atoms with Crippen LogP contribution in [0.4, 0.5) is 5.69 Å². The van der Waals surface area contributed by atoms with E-state index in [4.69, 9.17) is 17.7 Å². The molecule has 1 aromatic carbocycles. The second-order valence-corrected chi connectivity index (χ2v) is 6.47. The quantitative estimate of drug-likeness (QED) is 0.528. The molecule has 108 valence electrons. The zero-order valence-corrected chi connectivity index (χ0v) is 12.8. The van der Waals surface area contributed by atoms with Gasteiger partial charge in [-0.1, -0.05) is 18.2 Å². The van der Waals surface area contributed by atoms with Crippen LogP contribution >= 0.6 is 0 Å². The van der Waals surface area contributed by atoms with Crippen LogP contribution in [0.25, 0.3) is 0 Å². The lowest BCUT2D eigenvalue weighted by atomic mass is 10.3. The molecule has 0 unspecified atom stereocenters. The van der Waals surface area contributed by atoms with Gasteiger partial charge in [0, 0.05) is 40.2 Å². The molecule has 1 rings (SSSR count). The third kappa shape index (κ3) is 5.71. The summed E-state index contributed by atoms with van der Waals surface area (Å²) in [5.74, 6) is 0. The largest absolute Gasteiger partial charge is 0.678 e. The number of benzene rings is 1. The molecule has 5 nitrogen and oxygen atoms in total. The van der Waals surface area contributed by atoms with Gasteiger partial charge in [0.15, 0.2) is 0 Å². The van der Waals surface area contributed by atoms with Gasteiger partial charge in [-0.25, -0.2) is 0 Å². The monoisotopic (exact) mass is 285 g/mol. The van der Waals surface area contributed by atoms with E-state index in [0.717, 1.165) is 25.1 Å². The van der Waals surface area contributed by atoms with Crippen molar-refractivity contribution in [2.24, 2.45) is 0 Å². The van der Waals surface area contributed by atoms with Gasteiger partial charge in [0.05, 0.1) is 0 Å². The predicted molar refractivity (Wildman–Crippen MR) is 76.9 cm³/mol. The van der Waals surface area contributed by atoms with Crippen molar-refractivity contribution in [2.75, 3.05) is 39.8 Å². The summed E-state index contributed by atoms with van der Waals surface area (Å²) in [6, 6.07) is 10.1. The molecule has 1 aromatic rings. The van der Waals surface area contributed by atoms with E-state index >= 15 is 0 Å². The second kappa shape index (κ2) is 9.06. The molecule has 0 aliphatic heterocycles. The maximum atomic E-state index is 5.57. The highest BCUT2D eigenvalue weighted by Crippen LogP contribution is 2.09. The van der Waals surface area contributed by atoms with Gasteiger partial charge in [0.2, 0.25) is 0 Å². The number of hydrogen-bond donors (Lipinski definition) is 1. The molecular weight excluding hydrogens is 262 g/mol. The Morgan fingerprint density at radius 2 is 1.58 bits per heavy atom. The fourth-order valence-corrected chi connectivity index (χ4v) is 2.89. The van der Waals surface area contributed by atoms with Crippen LogP contribution in [0.3, 0.4) is 0 Å². The van der Waals surface area contributed by atoms with Crippen LogP contribution in [-0.2, 0) is 17.7 Å². The highest BCUT2D eigenvalue weighted by Gasteiger charge is 2.41. The summed E-state index contributed by atoms with van der Waals surface area (Å²) in [6.07, 6.45) is 1.93. The summed E-state index contributed by atoms with van der Waals surface area (Å²) in [7, 11) is 1.75. The Morgan fingerprint density at radius 3 is 2.16 bits per heavy atom. The molecule has 0 amide bonds. The Bertz CT molecular complexity index is 324. The first-order valence-corrected chi connectivity index (χ1v) is 7.98. The summed E-state index contributed by atoms with van der Waals surface area (Å²) in [5, 5.41) is 3.35. The molecule has 0 fully saturated rings. The van der Waals surface area contributed by atoms with Gasteiger partial charge in [0.1, 0.15) is 0 Å². The molecule has 0 spiro atoms. The molecule has 0 aliphatic carbocycles. The Labute approximate surface area is 116 Å². The average molecular weight is 285 g/mol. The summed E-state index contributed by atoms with van der Waals surface area (Å²) >= 11 is 0. The van der Waals surface area contributed by atoms with Crippen LogP contribution in [0.1, 0.15) is 12.8 Å². The van der Waals surface area contributed by atoms with E-state index in [1.165, 1.54) is 21.3 Å². The molecule has 19 heavy (non-hydrogen) atoms.